The van der Waals surface area contributed by atoms with Gasteiger partial charge in [0.15, 0.2) is 0 Å². The van der Waals surface area contributed by atoms with E-state index in [1.807, 2.05) is 11.8 Å². The molecule has 0 spiro atoms. The van der Waals surface area contributed by atoms with E-state index < -0.39 is 0 Å². The van der Waals surface area contributed by atoms with Crippen LogP contribution in [0.25, 0.3) is 44.2 Å². The Morgan fingerprint density at radius 3 is 2.08 bits per heavy atom. The zero-order chi connectivity index (χ0) is 24.6. The topological polar surface area (TPSA) is 0 Å². The molecule has 0 radical (unpaired) electrons. The molecule has 1 heterocycles. The van der Waals surface area contributed by atoms with E-state index in [4.69, 9.17) is 0 Å². The highest BCUT2D eigenvalue weighted by molar-refractivity contribution is 7.99. The molecule has 1 atom stereocenters. The third kappa shape index (κ3) is 2.86. The maximum absolute atomic E-state index is 2.43. The van der Waals surface area contributed by atoms with Crippen LogP contribution in [0.1, 0.15) is 23.6 Å². The lowest BCUT2D eigenvalue weighted by atomic mass is 9.72. The molecule has 0 N–H and O–H groups in total. The standard InChI is InChI=1S/C36H24S/c1-36(25-12-3-2-4-13-25)31-19-7-5-14-27(31)30-18-10-16-26(35(30)36)24-21-23-11-9-17-29-28-15-6-8-20-32(28)37-33(22-24)34(23)29/h2-22H,1H3. The van der Waals surface area contributed by atoms with Gasteiger partial charge in [-0.15, -0.1) is 0 Å². The predicted octanol–water partition coefficient (Wildman–Crippen LogP) is 9.97. The van der Waals surface area contributed by atoms with Gasteiger partial charge in [-0.2, -0.15) is 0 Å². The zero-order valence-corrected chi connectivity index (χ0v) is 21.3. The number of hydrogen-bond donors (Lipinski definition) is 0. The van der Waals surface area contributed by atoms with Crippen molar-refractivity contribution in [3.05, 3.63) is 144 Å². The fraction of sp³-hybridized carbons (Fsp3) is 0.0556. The van der Waals surface area contributed by atoms with Gasteiger partial charge in [0.2, 0.25) is 0 Å². The van der Waals surface area contributed by atoms with Gasteiger partial charge < -0.3 is 0 Å². The van der Waals surface area contributed by atoms with Crippen LogP contribution in [0.4, 0.5) is 0 Å². The smallest absolute Gasteiger partial charge is 0.0441 e. The molecule has 0 bridgehead atoms. The highest BCUT2D eigenvalue weighted by Crippen LogP contribution is 2.56. The van der Waals surface area contributed by atoms with Crippen LogP contribution in [0.3, 0.4) is 0 Å². The van der Waals surface area contributed by atoms with Crippen molar-refractivity contribution >= 4 is 22.5 Å². The molecule has 0 aromatic heterocycles. The molecule has 174 valence electrons. The summed E-state index contributed by atoms with van der Waals surface area (Å²) in [7, 11) is 0. The Morgan fingerprint density at radius 2 is 1.19 bits per heavy atom. The average molecular weight is 489 g/mol. The number of hydrogen-bond acceptors (Lipinski definition) is 1. The first-order valence-corrected chi connectivity index (χ1v) is 13.7. The molecule has 0 amide bonds. The van der Waals surface area contributed by atoms with Gasteiger partial charge in [-0.1, -0.05) is 121 Å². The minimum atomic E-state index is -0.225. The van der Waals surface area contributed by atoms with E-state index in [9.17, 15) is 0 Å². The lowest BCUT2D eigenvalue weighted by Gasteiger charge is -2.30. The molecule has 1 aliphatic carbocycles. The SMILES string of the molecule is CC1(c2ccccc2)c2ccccc2-c2cccc(-c3cc4c5c(cccc5c3)-c3ccccc3S4)c21. The van der Waals surface area contributed by atoms with Gasteiger partial charge in [0.25, 0.3) is 0 Å². The molecule has 1 heteroatoms. The normalized spacial score (nSPS) is 16.8. The molecule has 0 nitrogen and oxygen atoms in total. The highest BCUT2D eigenvalue weighted by Gasteiger charge is 2.42. The molecule has 6 aromatic carbocycles. The van der Waals surface area contributed by atoms with E-state index >= 15 is 0 Å². The summed E-state index contributed by atoms with van der Waals surface area (Å²) in [6.45, 7) is 2.41. The second-order valence-electron chi connectivity index (χ2n) is 10.2. The van der Waals surface area contributed by atoms with Crippen LogP contribution in [0.15, 0.2) is 137 Å². The third-order valence-corrected chi connectivity index (χ3v) is 9.44. The first kappa shape index (κ1) is 21.1. The van der Waals surface area contributed by atoms with Gasteiger partial charge in [0, 0.05) is 20.6 Å². The summed E-state index contributed by atoms with van der Waals surface area (Å²) in [5, 5.41) is 2.68. The zero-order valence-electron chi connectivity index (χ0n) is 20.5. The van der Waals surface area contributed by atoms with E-state index in [0.717, 1.165) is 0 Å². The summed E-state index contributed by atoms with van der Waals surface area (Å²) in [4.78, 5) is 2.68. The second kappa shape index (κ2) is 7.71. The van der Waals surface area contributed by atoms with Crippen molar-refractivity contribution in [2.24, 2.45) is 0 Å². The maximum Gasteiger partial charge on any atom is 0.0441 e. The molecular weight excluding hydrogens is 464 g/mol. The highest BCUT2D eigenvalue weighted by atomic mass is 32.2. The lowest BCUT2D eigenvalue weighted by molar-refractivity contribution is 0.715. The van der Waals surface area contributed by atoms with E-state index in [1.165, 1.54) is 70.6 Å². The summed E-state index contributed by atoms with van der Waals surface area (Å²) in [6.07, 6.45) is 0. The summed E-state index contributed by atoms with van der Waals surface area (Å²) in [5.41, 5.74) is 11.9. The van der Waals surface area contributed by atoms with Crippen molar-refractivity contribution in [2.45, 2.75) is 22.1 Å². The minimum absolute atomic E-state index is 0.225. The van der Waals surface area contributed by atoms with E-state index in [2.05, 4.69) is 134 Å². The lowest BCUT2D eigenvalue weighted by Crippen LogP contribution is -2.23. The van der Waals surface area contributed by atoms with Crippen LogP contribution in [0, 0.1) is 0 Å². The van der Waals surface area contributed by atoms with Crippen LogP contribution >= 0.6 is 11.8 Å². The summed E-state index contributed by atoms with van der Waals surface area (Å²) in [5.74, 6) is 0. The third-order valence-electron chi connectivity index (χ3n) is 8.32. The first-order valence-electron chi connectivity index (χ1n) is 12.9. The van der Waals surface area contributed by atoms with Gasteiger partial charge in [0.1, 0.15) is 0 Å². The quantitative estimate of drug-likeness (QED) is 0.233. The minimum Gasteiger partial charge on any atom is -0.0888 e. The van der Waals surface area contributed by atoms with Crippen LogP contribution in [-0.4, -0.2) is 0 Å². The van der Waals surface area contributed by atoms with Crippen molar-refractivity contribution < 1.29 is 0 Å². The fourth-order valence-electron chi connectivity index (χ4n) is 6.66. The van der Waals surface area contributed by atoms with Gasteiger partial charge >= 0.3 is 0 Å². The van der Waals surface area contributed by atoms with Crippen LogP contribution in [0.5, 0.6) is 0 Å². The predicted molar refractivity (Wildman–Crippen MR) is 156 cm³/mol. The molecule has 0 saturated carbocycles. The largest absolute Gasteiger partial charge is 0.0888 e. The molecule has 2 aliphatic rings. The van der Waals surface area contributed by atoms with Crippen molar-refractivity contribution in [3.63, 3.8) is 0 Å². The molecular formula is C36H24S. The Hall–Kier alpha value is -4.07. The van der Waals surface area contributed by atoms with Crippen LogP contribution in [0.2, 0.25) is 0 Å². The van der Waals surface area contributed by atoms with Crippen molar-refractivity contribution in [2.75, 3.05) is 0 Å². The fourth-order valence-corrected chi connectivity index (χ4v) is 7.85. The van der Waals surface area contributed by atoms with Crippen molar-refractivity contribution in [1.82, 2.24) is 0 Å². The van der Waals surface area contributed by atoms with Crippen molar-refractivity contribution in [1.29, 1.82) is 0 Å². The molecule has 1 aliphatic heterocycles. The van der Waals surface area contributed by atoms with Crippen LogP contribution < -0.4 is 0 Å². The van der Waals surface area contributed by atoms with E-state index in [0.29, 0.717) is 0 Å². The monoisotopic (exact) mass is 488 g/mol. The Morgan fingerprint density at radius 1 is 0.514 bits per heavy atom. The van der Waals surface area contributed by atoms with Crippen molar-refractivity contribution in [3.8, 4) is 33.4 Å². The maximum atomic E-state index is 2.43. The first-order chi connectivity index (χ1) is 18.2. The van der Waals surface area contributed by atoms with E-state index in [1.54, 1.807) is 0 Å². The molecule has 1 unspecified atom stereocenters. The number of benzene rings is 6. The summed E-state index contributed by atoms with van der Waals surface area (Å²) < 4.78 is 0. The van der Waals surface area contributed by atoms with Gasteiger partial charge in [0.05, 0.1) is 0 Å². The number of rotatable bonds is 2. The Balaban J connectivity index is 1.42. The van der Waals surface area contributed by atoms with Gasteiger partial charge in [-0.05, 0) is 80.6 Å². The summed E-state index contributed by atoms with van der Waals surface area (Å²) >= 11 is 1.90. The van der Waals surface area contributed by atoms with Gasteiger partial charge in [-0.3, -0.25) is 0 Å². The Labute approximate surface area is 221 Å². The summed E-state index contributed by atoms with van der Waals surface area (Å²) in [6, 6.07) is 47.2. The average Bonchev–Trinajstić information content (AvgIpc) is 3.23. The van der Waals surface area contributed by atoms with Gasteiger partial charge in [-0.25, -0.2) is 0 Å². The molecule has 0 saturated heterocycles. The Kier molecular flexibility index (Phi) is 4.39. The molecule has 37 heavy (non-hydrogen) atoms. The molecule has 0 fully saturated rings. The second-order valence-corrected chi connectivity index (χ2v) is 11.3. The molecule has 8 rings (SSSR count). The molecule has 6 aromatic rings. The van der Waals surface area contributed by atoms with E-state index in [-0.39, 0.29) is 5.41 Å². The Bertz CT molecular complexity index is 1860. The van der Waals surface area contributed by atoms with Crippen LogP contribution in [-0.2, 0) is 5.41 Å². The number of fused-ring (bicyclic) bond motifs is 5.